The Morgan fingerprint density at radius 3 is 2.47 bits per heavy atom. The van der Waals surface area contributed by atoms with Crippen LogP contribution in [0.4, 0.5) is 0 Å². The first-order valence-electron chi connectivity index (χ1n) is 11.1. The van der Waals surface area contributed by atoms with E-state index in [0.29, 0.717) is 24.9 Å². The Hall–Kier alpha value is -2.68. The summed E-state index contributed by atoms with van der Waals surface area (Å²) in [5.41, 5.74) is 6.74. The predicted octanol–water partition coefficient (Wildman–Crippen LogP) is 7.07. The highest BCUT2D eigenvalue weighted by molar-refractivity contribution is 5.97. The van der Waals surface area contributed by atoms with Crippen molar-refractivity contribution in [3.05, 3.63) is 59.3 Å². The molecule has 0 aliphatic heterocycles. The van der Waals surface area contributed by atoms with E-state index in [9.17, 15) is 4.79 Å². The fourth-order valence-electron chi connectivity index (χ4n) is 3.77. The summed E-state index contributed by atoms with van der Waals surface area (Å²) < 4.78 is 6.41. The number of hydrogen-bond donors (Lipinski definition) is 0. The summed E-state index contributed by atoms with van der Waals surface area (Å²) >= 11 is 0. The highest BCUT2D eigenvalue weighted by atomic mass is 16.5. The minimum Gasteiger partial charge on any atom is -0.493 e. The smallest absolute Gasteiger partial charge is 0.130 e. The Morgan fingerprint density at radius 1 is 1.00 bits per heavy atom. The summed E-state index contributed by atoms with van der Waals surface area (Å²) in [6.07, 6.45) is 5.36. The van der Waals surface area contributed by atoms with Gasteiger partial charge in [-0.2, -0.15) is 0 Å². The Labute approximate surface area is 180 Å². The molecule has 0 aliphatic rings. The summed E-state index contributed by atoms with van der Waals surface area (Å²) in [5.74, 6) is 1.76. The quantitative estimate of drug-likeness (QED) is 0.283. The number of aldehydes is 1. The molecule has 0 radical (unpaired) electrons. The molecular weight excluding hydrogens is 370 g/mol. The van der Waals surface area contributed by atoms with Gasteiger partial charge in [0.05, 0.1) is 12.1 Å². The molecule has 30 heavy (non-hydrogen) atoms. The number of aromatic nitrogens is 1. The average molecular weight is 404 g/mol. The van der Waals surface area contributed by atoms with Gasteiger partial charge in [-0.3, -0.25) is 4.98 Å². The standard InChI is InChI=1S/C27H33NO2/c1-6-7-14-30-27-23(19(4)5)16-21(18(2)3)17-25(27)22-10-12-28-26-9-8-20(11-13-29)15-24(22)26/h8-10,12-13,15-19H,6-7,11,14H2,1-5H3. The van der Waals surface area contributed by atoms with Crippen LogP contribution in [0.1, 0.15) is 76.0 Å². The van der Waals surface area contributed by atoms with Gasteiger partial charge in [0, 0.05) is 23.6 Å². The number of pyridine rings is 1. The molecule has 0 saturated carbocycles. The molecule has 3 heteroatoms. The molecule has 0 atom stereocenters. The molecular formula is C27H33NO2. The van der Waals surface area contributed by atoms with E-state index in [1.807, 2.05) is 18.3 Å². The van der Waals surface area contributed by atoms with Crippen molar-refractivity contribution in [2.45, 2.75) is 65.7 Å². The molecule has 0 saturated heterocycles. The van der Waals surface area contributed by atoms with Crippen LogP contribution in [-0.4, -0.2) is 17.9 Å². The zero-order valence-corrected chi connectivity index (χ0v) is 18.9. The molecule has 3 aromatic rings. The molecule has 1 aromatic heterocycles. The Kier molecular flexibility index (Phi) is 7.25. The third-order valence-electron chi connectivity index (χ3n) is 5.59. The summed E-state index contributed by atoms with van der Waals surface area (Å²) in [6.45, 7) is 11.8. The number of unbranched alkanes of at least 4 members (excludes halogenated alkanes) is 1. The van der Waals surface area contributed by atoms with Crippen molar-refractivity contribution in [3.8, 4) is 16.9 Å². The maximum Gasteiger partial charge on any atom is 0.130 e. The molecule has 0 N–H and O–H groups in total. The van der Waals surface area contributed by atoms with E-state index in [0.717, 1.165) is 52.5 Å². The van der Waals surface area contributed by atoms with E-state index in [4.69, 9.17) is 4.74 Å². The van der Waals surface area contributed by atoms with Crippen LogP contribution in [-0.2, 0) is 11.2 Å². The topological polar surface area (TPSA) is 39.2 Å². The molecule has 0 aliphatic carbocycles. The van der Waals surface area contributed by atoms with Crippen molar-refractivity contribution in [2.24, 2.45) is 0 Å². The summed E-state index contributed by atoms with van der Waals surface area (Å²) in [6, 6.07) is 12.7. The lowest BCUT2D eigenvalue weighted by Gasteiger charge is -2.22. The van der Waals surface area contributed by atoms with Crippen LogP contribution in [0.3, 0.4) is 0 Å². The van der Waals surface area contributed by atoms with E-state index >= 15 is 0 Å². The van der Waals surface area contributed by atoms with Crippen LogP contribution < -0.4 is 4.74 Å². The van der Waals surface area contributed by atoms with Gasteiger partial charge in [0.15, 0.2) is 0 Å². The first kappa shape index (κ1) is 22.0. The second-order valence-electron chi connectivity index (χ2n) is 8.58. The fourth-order valence-corrected chi connectivity index (χ4v) is 3.77. The number of rotatable bonds is 9. The minimum absolute atomic E-state index is 0.359. The van der Waals surface area contributed by atoms with Crippen molar-refractivity contribution >= 4 is 17.2 Å². The van der Waals surface area contributed by atoms with Gasteiger partial charge in [-0.05, 0) is 64.8 Å². The van der Waals surface area contributed by atoms with Gasteiger partial charge in [-0.25, -0.2) is 0 Å². The third kappa shape index (κ3) is 4.72. The largest absolute Gasteiger partial charge is 0.493 e. The monoisotopic (exact) mass is 403 g/mol. The molecule has 0 bridgehead atoms. The highest BCUT2D eigenvalue weighted by Crippen LogP contribution is 2.42. The predicted molar refractivity (Wildman–Crippen MR) is 126 cm³/mol. The summed E-state index contributed by atoms with van der Waals surface area (Å²) in [7, 11) is 0. The van der Waals surface area contributed by atoms with Gasteiger partial charge in [0.1, 0.15) is 12.0 Å². The van der Waals surface area contributed by atoms with Crippen LogP contribution in [0, 0.1) is 0 Å². The van der Waals surface area contributed by atoms with Crippen molar-refractivity contribution in [2.75, 3.05) is 6.61 Å². The maximum atomic E-state index is 11.1. The summed E-state index contributed by atoms with van der Waals surface area (Å²) in [5, 5.41) is 1.06. The molecule has 3 nitrogen and oxygen atoms in total. The van der Waals surface area contributed by atoms with Crippen molar-refractivity contribution in [1.82, 2.24) is 4.98 Å². The fraction of sp³-hybridized carbons (Fsp3) is 0.407. The number of carbonyl (C=O) groups excluding carboxylic acids is 1. The molecule has 158 valence electrons. The van der Waals surface area contributed by atoms with Gasteiger partial charge in [0.2, 0.25) is 0 Å². The number of nitrogens with zero attached hydrogens (tertiary/aromatic N) is 1. The van der Waals surface area contributed by atoms with Crippen LogP contribution in [0.2, 0.25) is 0 Å². The van der Waals surface area contributed by atoms with Crippen LogP contribution in [0.15, 0.2) is 42.6 Å². The second-order valence-corrected chi connectivity index (χ2v) is 8.58. The lowest BCUT2D eigenvalue weighted by Crippen LogP contribution is -2.05. The van der Waals surface area contributed by atoms with Gasteiger partial charge in [-0.15, -0.1) is 0 Å². The zero-order valence-electron chi connectivity index (χ0n) is 18.9. The van der Waals surface area contributed by atoms with E-state index in [-0.39, 0.29) is 0 Å². The Balaban J connectivity index is 2.29. The van der Waals surface area contributed by atoms with Crippen molar-refractivity contribution < 1.29 is 9.53 Å². The lowest BCUT2D eigenvalue weighted by atomic mass is 9.88. The molecule has 2 aromatic carbocycles. The van der Waals surface area contributed by atoms with Crippen LogP contribution >= 0.6 is 0 Å². The number of ether oxygens (including phenoxy) is 1. The number of benzene rings is 2. The second kappa shape index (κ2) is 9.88. The molecule has 0 spiro atoms. The first-order valence-corrected chi connectivity index (χ1v) is 11.1. The van der Waals surface area contributed by atoms with Gasteiger partial charge in [0.25, 0.3) is 0 Å². The lowest BCUT2D eigenvalue weighted by molar-refractivity contribution is -0.107. The Morgan fingerprint density at radius 2 is 1.80 bits per heavy atom. The summed E-state index contributed by atoms with van der Waals surface area (Å²) in [4.78, 5) is 15.6. The van der Waals surface area contributed by atoms with Crippen molar-refractivity contribution in [3.63, 3.8) is 0 Å². The van der Waals surface area contributed by atoms with E-state index in [2.05, 4.69) is 63.9 Å². The normalized spacial score (nSPS) is 11.4. The average Bonchev–Trinajstić information content (AvgIpc) is 2.73. The van der Waals surface area contributed by atoms with E-state index in [1.165, 1.54) is 11.1 Å². The highest BCUT2D eigenvalue weighted by Gasteiger charge is 2.19. The third-order valence-corrected chi connectivity index (χ3v) is 5.59. The Bertz CT molecular complexity index is 1020. The number of carbonyl (C=O) groups is 1. The molecule has 0 unspecified atom stereocenters. The van der Waals surface area contributed by atoms with E-state index < -0.39 is 0 Å². The van der Waals surface area contributed by atoms with Gasteiger partial charge in [-0.1, -0.05) is 53.2 Å². The number of fused-ring (bicyclic) bond motifs is 1. The molecule has 0 fully saturated rings. The van der Waals surface area contributed by atoms with Crippen molar-refractivity contribution in [1.29, 1.82) is 0 Å². The van der Waals surface area contributed by atoms with Gasteiger partial charge >= 0.3 is 0 Å². The molecule has 3 rings (SSSR count). The number of hydrogen-bond acceptors (Lipinski definition) is 3. The molecule has 0 amide bonds. The maximum absolute atomic E-state index is 11.1. The SMILES string of the molecule is CCCCOc1c(-c2ccnc3ccc(CC=O)cc23)cc(C(C)C)cc1C(C)C. The van der Waals surface area contributed by atoms with Gasteiger partial charge < -0.3 is 9.53 Å². The van der Waals surface area contributed by atoms with E-state index in [1.54, 1.807) is 0 Å². The van der Waals surface area contributed by atoms with Crippen LogP contribution in [0.25, 0.3) is 22.0 Å². The zero-order chi connectivity index (χ0) is 21.7. The first-order chi connectivity index (χ1) is 14.5. The molecule has 1 heterocycles. The van der Waals surface area contributed by atoms with Crippen LogP contribution in [0.5, 0.6) is 5.75 Å². The minimum atomic E-state index is 0.359.